The molecule has 5 nitrogen and oxygen atoms in total. The van der Waals surface area contributed by atoms with Gasteiger partial charge in [0.2, 0.25) is 0 Å². The van der Waals surface area contributed by atoms with Crippen molar-refractivity contribution in [1.82, 2.24) is 15.4 Å². The average Bonchev–Trinajstić information content (AvgIpc) is 2.73. The summed E-state index contributed by atoms with van der Waals surface area (Å²) in [6.07, 6.45) is 0. The average molecular weight is 230 g/mol. The van der Waals surface area contributed by atoms with Crippen LogP contribution in [0.4, 0.5) is 5.69 Å². The second-order valence-electron chi connectivity index (χ2n) is 3.19. The number of hydrogen-bond donors (Lipinski definition) is 0. The van der Waals surface area contributed by atoms with Gasteiger partial charge in [-0.05, 0) is 5.21 Å². The molecule has 0 amide bonds. The molecular formula is C10H6N4OS. The summed E-state index contributed by atoms with van der Waals surface area (Å²) in [7, 11) is -1.29. The fourth-order valence-corrected chi connectivity index (χ4v) is 2.25. The van der Waals surface area contributed by atoms with Crippen LogP contribution < -0.4 is 0 Å². The Morgan fingerprint density at radius 2 is 1.88 bits per heavy atom. The van der Waals surface area contributed by atoms with E-state index in [1.54, 1.807) is 0 Å². The van der Waals surface area contributed by atoms with Gasteiger partial charge >= 0.3 is 0 Å². The Balaban J connectivity index is 2.24. The molecule has 1 unspecified atom stereocenters. The summed E-state index contributed by atoms with van der Waals surface area (Å²) in [6.45, 7) is 0. The van der Waals surface area contributed by atoms with E-state index in [0.29, 0.717) is 16.4 Å². The lowest BCUT2D eigenvalue weighted by atomic mass is 10.1. The number of hydrogen-bond acceptors (Lipinski definition) is 5. The van der Waals surface area contributed by atoms with Crippen molar-refractivity contribution in [3.8, 4) is 11.3 Å². The summed E-state index contributed by atoms with van der Waals surface area (Å²) < 4.78 is 11.5. The van der Waals surface area contributed by atoms with Gasteiger partial charge in [0.05, 0.1) is 5.55 Å². The van der Waals surface area contributed by atoms with Crippen LogP contribution in [0, 0.1) is 0 Å². The first-order valence-electron chi connectivity index (χ1n) is 4.60. The molecule has 78 valence electrons. The summed E-state index contributed by atoms with van der Waals surface area (Å²) in [4.78, 5) is 4.07. The van der Waals surface area contributed by atoms with Crippen molar-refractivity contribution >= 4 is 22.0 Å². The molecule has 1 aromatic heterocycles. The summed E-state index contributed by atoms with van der Waals surface area (Å²) in [5.74, 6) is 0. The van der Waals surface area contributed by atoms with Crippen LogP contribution in [-0.2, 0) is 10.8 Å². The Morgan fingerprint density at radius 3 is 2.69 bits per heavy atom. The van der Waals surface area contributed by atoms with Crippen molar-refractivity contribution in [1.29, 1.82) is 0 Å². The van der Waals surface area contributed by atoms with Crippen LogP contribution in [0.3, 0.4) is 0 Å². The lowest BCUT2D eigenvalue weighted by Gasteiger charge is -2.01. The van der Waals surface area contributed by atoms with Gasteiger partial charge in [0.1, 0.15) is 22.2 Å². The summed E-state index contributed by atoms with van der Waals surface area (Å²) in [5.41, 5.74) is 3.42. The maximum Gasteiger partial charge on any atom is 0.185 e. The molecule has 1 aliphatic heterocycles. The maximum atomic E-state index is 11.5. The minimum atomic E-state index is -1.29. The molecule has 0 saturated carbocycles. The van der Waals surface area contributed by atoms with Crippen LogP contribution in [0.25, 0.3) is 11.3 Å². The minimum absolute atomic E-state index is 0.383. The third kappa shape index (κ3) is 1.35. The summed E-state index contributed by atoms with van der Waals surface area (Å²) in [5, 5.41) is 11.7. The second kappa shape index (κ2) is 3.57. The Bertz CT molecular complexity index is 597. The van der Waals surface area contributed by atoms with Gasteiger partial charge in [-0.15, -0.1) is 10.2 Å². The Kier molecular flexibility index (Phi) is 2.07. The van der Waals surface area contributed by atoms with Crippen LogP contribution >= 0.6 is 0 Å². The van der Waals surface area contributed by atoms with Gasteiger partial charge in [0.15, 0.2) is 5.03 Å². The van der Waals surface area contributed by atoms with Gasteiger partial charge in [-0.3, -0.25) is 0 Å². The van der Waals surface area contributed by atoms with Gasteiger partial charge in [-0.1, -0.05) is 30.3 Å². The number of nitrogens with zero attached hydrogens (tertiary/aromatic N) is 4. The lowest BCUT2D eigenvalue weighted by Crippen LogP contribution is -1.97. The first-order valence-corrected chi connectivity index (χ1v) is 5.81. The number of aromatic nitrogens is 3. The molecule has 0 N–H and O–H groups in total. The molecule has 6 heteroatoms. The molecule has 1 atom stereocenters. The van der Waals surface area contributed by atoms with Gasteiger partial charge < -0.3 is 0 Å². The minimum Gasteiger partial charge on any atom is -0.246 e. The smallest absolute Gasteiger partial charge is 0.185 e. The van der Waals surface area contributed by atoms with E-state index in [9.17, 15) is 4.21 Å². The van der Waals surface area contributed by atoms with Crippen LogP contribution in [0.2, 0.25) is 0 Å². The molecule has 0 saturated heterocycles. The van der Waals surface area contributed by atoms with E-state index in [0.717, 1.165) is 5.56 Å². The van der Waals surface area contributed by atoms with Crippen molar-refractivity contribution in [3.63, 3.8) is 0 Å². The maximum absolute atomic E-state index is 11.5. The third-order valence-corrected chi connectivity index (χ3v) is 3.18. The van der Waals surface area contributed by atoms with E-state index in [1.165, 1.54) is 5.55 Å². The Labute approximate surface area is 93.7 Å². The molecule has 1 aliphatic rings. The number of rotatable bonds is 1. The van der Waals surface area contributed by atoms with Gasteiger partial charge in [-0.25, -0.2) is 9.20 Å². The zero-order chi connectivity index (χ0) is 11.0. The van der Waals surface area contributed by atoms with Crippen molar-refractivity contribution < 1.29 is 4.21 Å². The molecule has 0 spiro atoms. The Hall–Kier alpha value is -1.95. The van der Waals surface area contributed by atoms with Crippen molar-refractivity contribution in [2.45, 2.75) is 5.03 Å². The monoisotopic (exact) mass is 230 g/mol. The van der Waals surface area contributed by atoms with Crippen molar-refractivity contribution in [2.24, 2.45) is 4.99 Å². The SMILES string of the molecule is O=S1C=Nc2c(-c3ccccc3)nnnc21. The molecule has 0 fully saturated rings. The predicted octanol–water partition coefficient (Wildman–Crippen LogP) is 1.32. The molecule has 0 aliphatic carbocycles. The fraction of sp³-hybridized carbons (Fsp3) is 0. The highest BCUT2D eigenvalue weighted by Gasteiger charge is 2.21. The largest absolute Gasteiger partial charge is 0.246 e. The van der Waals surface area contributed by atoms with Crippen LogP contribution in [0.1, 0.15) is 0 Å². The zero-order valence-electron chi connectivity index (χ0n) is 8.07. The van der Waals surface area contributed by atoms with E-state index in [4.69, 9.17) is 0 Å². The first-order chi connectivity index (χ1) is 7.86. The van der Waals surface area contributed by atoms with Crippen LogP contribution in [-0.4, -0.2) is 25.2 Å². The van der Waals surface area contributed by atoms with E-state index in [-0.39, 0.29) is 0 Å². The quantitative estimate of drug-likeness (QED) is 0.741. The predicted molar refractivity (Wildman–Crippen MR) is 59.8 cm³/mol. The van der Waals surface area contributed by atoms with Crippen molar-refractivity contribution in [3.05, 3.63) is 30.3 Å². The van der Waals surface area contributed by atoms with Gasteiger partial charge in [0, 0.05) is 5.56 Å². The number of benzene rings is 1. The van der Waals surface area contributed by atoms with E-state index in [1.807, 2.05) is 30.3 Å². The topological polar surface area (TPSA) is 68.1 Å². The highest BCUT2D eigenvalue weighted by molar-refractivity contribution is 7.99. The van der Waals surface area contributed by atoms with Gasteiger partial charge in [-0.2, -0.15) is 0 Å². The molecule has 3 rings (SSSR count). The highest BCUT2D eigenvalue weighted by atomic mass is 32.2. The highest BCUT2D eigenvalue weighted by Crippen LogP contribution is 2.33. The molecule has 0 bridgehead atoms. The third-order valence-electron chi connectivity index (χ3n) is 2.22. The van der Waals surface area contributed by atoms with Crippen LogP contribution in [0.5, 0.6) is 0 Å². The fourth-order valence-electron chi connectivity index (χ4n) is 1.50. The molecule has 0 radical (unpaired) electrons. The zero-order valence-corrected chi connectivity index (χ0v) is 8.89. The Morgan fingerprint density at radius 1 is 1.06 bits per heavy atom. The first kappa shape index (κ1) is 9.29. The summed E-state index contributed by atoms with van der Waals surface area (Å²) >= 11 is 0. The van der Waals surface area contributed by atoms with Crippen molar-refractivity contribution in [2.75, 3.05) is 0 Å². The standard InChI is InChI=1S/C10H6N4OS/c15-16-6-11-9-8(12-14-13-10(9)16)7-4-2-1-3-5-7/h1-6H. The van der Waals surface area contributed by atoms with E-state index in [2.05, 4.69) is 20.4 Å². The molecular weight excluding hydrogens is 224 g/mol. The number of aliphatic imine (C=N–C) groups is 1. The van der Waals surface area contributed by atoms with E-state index >= 15 is 0 Å². The normalized spacial score (nSPS) is 17.4. The molecule has 2 heterocycles. The number of fused-ring (bicyclic) bond motifs is 1. The molecule has 1 aromatic carbocycles. The van der Waals surface area contributed by atoms with Gasteiger partial charge in [0.25, 0.3) is 0 Å². The summed E-state index contributed by atoms with van der Waals surface area (Å²) in [6, 6.07) is 9.53. The molecule has 2 aromatic rings. The molecule has 16 heavy (non-hydrogen) atoms. The van der Waals surface area contributed by atoms with E-state index < -0.39 is 10.8 Å². The second-order valence-corrected chi connectivity index (χ2v) is 4.38. The van der Waals surface area contributed by atoms with Crippen LogP contribution in [0.15, 0.2) is 40.4 Å². The lowest BCUT2D eigenvalue weighted by molar-refractivity contribution is 0.684.